The molecule has 0 radical (unpaired) electrons. The summed E-state index contributed by atoms with van der Waals surface area (Å²) in [5.74, 6) is 0.984. The number of aromatic nitrogens is 1. The van der Waals surface area contributed by atoms with Crippen molar-refractivity contribution in [1.29, 1.82) is 0 Å². The Hall–Kier alpha value is -1.29. The lowest BCUT2D eigenvalue weighted by molar-refractivity contribution is 0.0606. The highest BCUT2D eigenvalue weighted by atomic mass is 16.5. The summed E-state index contributed by atoms with van der Waals surface area (Å²) in [6, 6.07) is 4.45. The fourth-order valence-electron chi connectivity index (χ4n) is 2.61. The van der Waals surface area contributed by atoms with E-state index in [9.17, 15) is 0 Å². The molecule has 2 unspecified atom stereocenters. The third-order valence-corrected chi connectivity index (χ3v) is 3.56. The highest BCUT2D eigenvalue weighted by Crippen LogP contribution is 2.27. The molecule has 0 spiro atoms. The van der Waals surface area contributed by atoms with Gasteiger partial charge in [-0.1, -0.05) is 12.8 Å². The summed E-state index contributed by atoms with van der Waals surface area (Å²) in [5.41, 5.74) is 1.09. The van der Waals surface area contributed by atoms with E-state index in [1.54, 1.807) is 7.11 Å². The normalized spacial score (nSPS) is 23.7. The maximum atomic E-state index is 5.58. The smallest absolute Gasteiger partial charge is 0.151 e. The Morgan fingerprint density at radius 2 is 2.11 bits per heavy atom. The highest BCUT2D eigenvalue weighted by molar-refractivity contribution is 5.65. The predicted molar refractivity (Wildman–Crippen MR) is 75.2 cm³/mol. The second-order valence-corrected chi connectivity index (χ2v) is 5.08. The molecule has 18 heavy (non-hydrogen) atoms. The lowest BCUT2D eigenvalue weighted by Gasteiger charge is -2.32. The van der Waals surface area contributed by atoms with Gasteiger partial charge in [-0.15, -0.1) is 0 Å². The molecule has 1 aromatic rings. The molecular formula is C14H23N3O. The van der Waals surface area contributed by atoms with Crippen LogP contribution in [-0.2, 0) is 4.74 Å². The zero-order valence-electron chi connectivity index (χ0n) is 11.5. The molecule has 0 aromatic carbocycles. The molecule has 0 amide bonds. The first-order chi connectivity index (χ1) is 8.72. The van der Waals surface area contributed by atoms with Gasteiger partial charge >= 0.3 is 0 Å². The molecule has 4 nitrogen and oxygen atoms in total. The van der Waals surface area contributed by atoms with Crippen LogP contribution in [0.25, 0.3) is 0 Å². The molecule has 1 N–H and O–H groups in total. The molecule has 1 aliphatic rings. The van der Waals surface area contributed by atoms with Crippen molar-refractivity contribution in [2.45, 2.75) is 37.8 Å². The minimum Gasteiger partial charge on any atom is -0.379 e. The SMILES string of the molecule is COC1CCCCC1Nc1cccnc1N(C)C. The maximum Gasteiger partial charge on any atom is 0.151 e. The van der Waals surface area contributed by atoms with Crippen molar-refractivity contribution in [3.8, 4) is 0 Å². The molecule has 1 saturated carbocycles. The zero-order valence-corrected chi connectivity index (χ0v) is 11.5. The Balaban J connectivity index is 2.12. The molecule has 2 atom stereocenters. The molecule has 0 aliphatic heterocycles. The summed E-state index contributed by atoms with van der Waals surface area (Å²) < 4.78 is 5.58. The number of nitrogens with one attached hydrogen (secondary N) is 1. The molecule has 1 aromatic heterocycles. The highest BCUT2D eigenvalue weighted by Gasteiger charge is 2.25. The van der Waals surface area contributed by atoms with Crippen molar-refractivity contribution in [3.63, 3.8) is 0 Å². The van der Waals surface area contributed by atoms with Gasteiger partial charge in [0.15, 0.2) is 5.82 Å². The number of anilines is 2. The summed E-state index contributed by atoms with van der Waals surface area (Å²) >= 11 is 0. The van der Waals surface area contributed by atoms with Crippen LogP contribution in [0.3, 0.4) is 0 Å². The lowest BCUT2D eigenvalue weighted by Crippen LogP contribution is -2.38. The Morgan fingerprint density at radius 1 is 1.33 bits per heavy atom. The van der Waals surface area contributed by atoms with Gasteiger partial charge in [-0.2, -0.15) is 0 Å². The van der Waals surface area contributed by atoms with Gasteiger partial charge in [0.05, 0.1) is 17.8 Å². The molecule has 0 bridgehead atoms. The minimum atomic E-state index is 0.314. The van der Waals surface area contributed by atoms with E-state index in [4.69, 9.17) is 4.74 Å². The van der Waals surface area contributed by atoms with Crippen LogP contribution in [0.4, 0.5) is 11.5 Å². The standard InChI is InChI=1S/C14H23N3O/c1-17(2)14-12(8-6-10-15-14)16-11-7-4-5-9-13(11)18-3/h6,8,10-11,13,16H,4-5,7,9H2,1-3H3. The fraction of sp³-hybridized carbons (Fsp3) is 0.643. The number of methoxy groups -OCH3 is 1. The van der Waals surface area contributed by atoms with Gasteiger partial charge < -0.3 is 15.0 Å². The summed E-state index contributed by atoms with van der Waals surface area (Å²) in [4.78, 5) is 6.45. The van der Waals surface area contributed by atoms with Gasteiger partial charge in [-0.05, 0) is 25.0 Å². The third kappa shape index (κ3) is 2.93. The number of rotatable bonds is 4. The van der Waals surface area contributed by atoms with Crippen LogP contribution in [0.15, 0.2) is 18.3 Å². The summed E-state index contributed by atoms with van der Waals surface area (Å²) in [7, 11) is 5.84. The molecule has 1 aliphatic carbocycles. The average molecular weight is 249 g/mol. The van der Waals surface area contributed by atoms with E-state index in [-0.39, 0.29) is 0 Å². The zero-order chi connectivity index (χ0) is 13.0. The molecule has 2 rings (SSSR count). The van der Waals surface area contributed by atoms with E-state index in [1.165, 1.54) is 19.3 Å². The lowest BCUT2D eigenvalue weighted by atomic mass is 9.92. The largest absolute Gasteiger partial charge is 0.379 e. The van der Waals surface area contributed by atoms with Gasteiger partial charge in [0, 0.05) is 27.4 Å². The van der Waals surface area contributed by atoms with E-state index in [1.807, 2.05) is 31.3 Å². The van der Waals surface area contributed by atoms with E-state index in [0.29, 0.717) is 12.1 Å². The van der Waals surface area contributed by atoms with Crippen LogP contribution in [0.2, 0.25) is 0 Å². The van der Waals surface area contributed by atoms with Gasteiger partial charge in [0.1, 0.15) is 0 Å². The first kappa shape index (κ1) is 13.1. The van der Waals surface area contributed by atoms with Crippen molar-refractivity contribution in [2.24, 2.45) is 0 Å². The van der Waals surface area contributed by atoms with Crippen LogP contribution in [-0.4, -0.2) is 38.3 Å². The summed E-state index contributed by atoms with van der Waals surface area (Å²) in [5, 5.41) is 3.60. The van der Waals surface area contributed by atoms with Crippen molar-refractivity contribution in [2.75, 3.05) is 31.4 Å². The third-order valence-electron chi connectivity index (χ3n) is 3.56. The summed E-state index contributed by atoms with van der Waals surface area (Å²) in [6.07, 6.45) is 6.99. The van der Waals surface area contributed by atoms with Gasteiger partial charge in [0.2, 0.25) is 0 Å². The molecule has 1 fully saturated rings. The second-order valence-electron chi connectivity index (χ2n) is 5.08. The van der Waals surface area contributed by atoms with E-state index >= 15 is 0 Å². The van der Waals surface area contributed by atoms with Crippen molar-refractivity contribution < 1.29 is 4.74 Å². The maximum absolute atomic E-state index is 5.58. The molecule has 0 saturated heterocycles. The van der Waals surface area contributed by atoms with Crippen molar-refractivity contribution in [1.82, 2.24) is 4.98 Å². The van der Waals surface area contributed by atoms with Crippen LogP contribution < -0.4 is 10.2 Å². The topological polar surface area (TPSA) is 37.4 Å². The monoisotopic (exact) mass is 249 g/mol. The van der Waals surface area contributed by atoms with E-state index in [2.05, 4.69) is 16.4 Å². The molecule has 1 heterocycles. The van der Waals surface area contributed by atoms with Crippen LogP contribution in [0, 0.1) is 0 Å². The van der Waals surface area contributed by atoms with E-state index in [0.717, 1.165) is 17.9 Å². The quantitative estimate of drug-likeness (QED) is 0.889. The van der Waals surface area contributed by atoms with Gasteiger partial charge in [-0.3, -0.25) is 0 Å². The molecule has 100 valence electrons. The number of hydrogen-bond donors (Lipinski definition) is 1. The van der Waals surface area contributed by atoms with Gasteiger partial charge in [-0.25, -0.2) is 4.98 Å². The number of hydrogen-bond acceptors (Lipinski definition) is 4. The summed E-state index contributed by atoms with van der Waals surface area (Å²) in [6.45, 7) is 0. The number of pyridine rings is 1. The molecule has 4 heteroatoms. The Morgan fingerprint density at radius 3 is 2.83 bits per heavy atom. The average Bonchev–Trinajstić information content (AvgIpc) is 2.40. The second kappa shape index (κ2) is 6.05. The Bertz CT molecular complexity index is 381. The predicted octanol–water partition coefficient (Wildman–Crippen LogP) is 2.52. The first-order valence-corrected chi connectivity index (χ1v) is 6.64. The van der Waals surface area contributed by atoms with Gasteiger partial charge in [0.25, 0.3) is 0 Å². The van der Waals surface area contributed by atoms with Crippen molar-refractivity contribution in [3.05, 3.63) is 18.3 Å². The first-order valence-electron chi connectivity index (χ1n) is 6.64. The number of ether oxygens (including phenoxy) is 1. The van der Waals surface area contributed by atoms with Crippen molar-refractivity contribution >= 4 is 11.5 Å². The Labute approximate surface area is 109 Å². The Kier molecular flexibility index (Phi) is 4.42. The van der Waals surface area contributed by atoms with Crippen LogP contribution >= 0.6 is 0 Å². The minimum absolute atomic E-state index is 0.314. The fourth-order valence-corrected chi connectivity index (χ4v) is 2.61. The number of nitrogens with zero attached hydrogens (tertiary/aromatic N) is 2. The van der Waals surface area contributed by atoms with Crippen LogP contribution in [0.5, 0.6) is 0 Å². The van der Waals surface area contributed by atoms with E-state index < -0.39 is 0 Å². The van der Waals surface area contributed by atoms with Crippen LogP contribution in [0.1, 0.15) is 25.7 Å². The molecular weight excluding hydrogens is 226 g/mol.